The van der Waals surface area contributed by atoms with Crippen molar-refractivity contribution in [2.75, 3.05) is 26.2 Å². The Kier molecular flexibility index (Phi) is 6.59. The van der Waals surface area contributed by atoms with Gasteiger partial charge in [0.05, 0.1) is 6.54 Å². The van der Waals surface area contributed by atoms with Gasteiger partial charge in [-0.2, -0.15) is 0 Å². The molecule has 0 saturated carbocycles. The topological polar surface area (TPSA) is 49.9 Å². The van der Waals surface area contributed by atoms with E-state index in [-0.39, 0.29) is 24.5 Å². The summed E-state index contributed by atoms with van der Waals surface area (Å²) in [6, 6.07) is 9.36. The zero-order chi connectivity index (χ0) is 16.7. The van der Waals surface area contributed by atoms with Gasteiger partial charge in [-0.1, -0.05) is 30.3 Å². The number of hydrogen-bond donors (Lipinski definition) is 0. The van der Waals surface area contributed by atoms with Crippen molar-refractivity contribution in [1.82, 2.24) is 9.80 Å². The molecule has 1 fully saturated rings. The number of rotatable bonds is 7. The van der Waals surface area contributed by atoms with Crippen LogP contribution in [0.3, 0.4) is 0 Å². The molecule has 1 heterocycles. The Morgan fingerprint density at radius 1 is 1.22 bits per heavy atom. The molecule has 5 nitrogen and oxygen atoms in total. The molecule has 1 saturated heterocycles. The summed E-state index contributed by atoms with van der Waals surface area (Å²) < 4.78 is 5.43. The zero-order valence-corrected chi connectivity index (χ0v) is 14.0. The molecule has 0 radical (unpaired) electrons. The maximum absolute atomic E-state index is 12.3. The number of benzene rings is 1. The van der Waals surface area contributed by atoms with E-state index in [0.717, 1.165) is 24.9 Å². The van der Waals surface area contributed by atoms with E-state index in [1.165, 1.54) is 0 Å². The smallest absolute Gasteiger partial charge is 0.323 e. The Balaban J connectivity index is 1.87. The van der Waals surface area contributed by atoms with Crippen LogP contribution >= 0.6 is 0 Å². The van der Waals surface area contributed by atoms with E-state index in [1.807, 2.05) is 49.1 Å². The van der Waals surface area contributed by atoms with Crippen molar-refractivity contribution in [3.05, 3.63) is 35.9 Å². The summed E-state index contributed by atoms with van der Waals surface area (Å²) in [5.74, 6) is -0.142. The van der Waals surface area contributed by atoms with E-state index in [0.29, 0.717) is 19.6 Å². The van der Waals surface area contributed by atoms with Gasteiger partial charge in [0, 0.05) is 13.1 Å². The fraction of sp³-hybridized carbons (Fsp3) is 0.556. The Bertz CT molecular complexity index is 514. The lowest BCUT2D eigenvalue weighted by molar-refractivity contribution is -0.151. The molecule has 1 aliphatic rings. The van der Waals surface area contributed by atoms with Crippen molar-refractivity contribution < 1.29 is 14.3 Å². The number of ether oxygens (including phenoxy) is 1. The minimum atomic E-state index is -0.293. The molecule has 5 heteroatoms. The molecule has 1 unspecified atom stereocenters. The number of esters is 1. The van der Waals surface area contributed by atoms with Gasteiger partial charge in [0.2, 0.25) is 5.91 Å². The number of carbonyl (C=O) groups is 2. The van der Waals surface area contributed by atoms with Crippen LogP contribution in [-0.2, 0) is 20.9 Å². The van der Waals surface area contributed by atoms with Gasteiger partial charge in [0.1, 0.15) is 12.6 Å². The molecule has 1 aromatic rings. The SMILES string of the molecule is CCN(CC)C(=O)CN1CCCC1C(=O)OCc1ccccc1. The second-order valence-corrected chi connectivity index (χ2v) is 5.79. The van der Waals surface area contributed by atoms with Gasteiger partial charge in [0.25, 0.3) is 0 Å². The minimum Gasteiger partial charge on any atom is -0.460 e. The first-order valence-electron chi connectivity index (χ1n) is 8.38. The average molecular weight is 318 g/mol. The normalized spacial score (nSPS) is 17.9. The molecule has 0 bridgehead atoms. The summed E-state index contributed by atoms with van der Waals surface area (Å²) in [6.07, 6.45) is 1.69. The van der Waals surface area contributed by atoms with Gasteiger partial charge in [-0.3, -0.25) is 14.5 Å². The fourth-order valence-electron chi connectivity index (χ4n) is 2.96. The molecule has 1 amide bonds. The largest absolute Gasteiger partial charge is 0.460 e. The summed E-state index contributed by atoms with van der Waals surface area (Å²) in [5, 5.41) is 0. The molecular formula is C18H26N2O3. The van der Waals surface area contributed by atoms with Gasteiger partial charge < -0.3 is 9.64 Å². The second-order valence-electron chi connectivity index (χ2n) is 5.79. The molecule has 0 spiro atoms. The van der Waals surface area contributed by atoms with Crippen LogP contribution in [0.25, 0.3) is 0 Å². The highest BCUT2D eigenvalue weighted by Gasteiger charge is 2.33. The first kappa shape index (κ1) is 17.5. The number of nitrogens with zero attached hydrogens (tertiary/aromatic N) is 2. The van der Waals surface area contributed by atoms with Crippen molar-refractivity contribution in [1.29, 1.82) is 0 Å². The summed E-state index contributed by atoms with van der Waals surface area (Å²) in [4.78, 5) is 28.3. The molecule has 23 heavy (non-hydrogen) atoms. The van der Waals surface area contributed by atoms with E-state index in [2.05, 4.69) is 0 Å². The third-order valence-electron chi connectivity index (χ3n) is 4.31. The van der Waals surface area contributed by atoms with Gasteiger partial charge in [0.15, 0.2) is 0 Å². The Morgan fingerprint density at radius 2 is 1.91 bits per heavy atom. The lowest BCUT2D eigenvalue weighted by Gasteiger charge is -2.26. The van der Waals surface area contributed by atoms with Crippen molar-refractivity contribution in [2.24, 2.45) is 0 Å². The Hall–Kier alpha value is -1.88. The van der Waals surface area contributed by atoms with E-state index in [9.17, 15) is 9.59 Å². The van der Waals surface area contributed by atoms with Crippen molar-refractivity contribution in [3.63, 3.8) is 0 Å². The summed E-state index contributed by atoms with van der Waals surface area (Å²) in [5.41, 5.74) is 0.976. The highest BCUT2D eigenvalue weighted by molar-refractivity contribution is 5.81. The van der Waals surface area contributed by atoms with E-state index in [1.54, 1.807) is 4.90 Å². The molecule has 0 aliphatic carbocycles. The standard InChI is InChI=1S/C18H26N2O3/c1-3-19(4-2)17(21)13-20-12-8-11-16(20)18(22)23-14-15-9-6-5-7-10-15/h5-7,9-10,16H,3-4,8,11-14H2,1-2H3. The van der Waals surface area contributed by atoms with Crippen molar-refractivity contribution in [2.45, 2.75) is 39.3 Å². The van der Waals surface area contributed by atoms with Crippen LogP contribution in [0.2, 0.25) is 0 Å². The summed E-state index contributed by atoms with van der Waals surface area (Å²) in [6.45, 7) is 6.70. The minimum absolute atomic E-state index is 0.0813. The first-order valence-corrected chi connectivity index (χ1v) is 8.38. The molecule has 126 valence electrons. The fourth-order valence-corrected chi connectivity index (χ4v) is 2.96. The molecule has 1 aliphatic heterocycles. The predicted octanol–water partition coefficient (Wildman–Crippen LogP) is 2.06. The Morgan fingerprint density at radius 3 is 2.57 bits per heavy atom. The van der Waals surface area contributed by atoms with Crippen LogP contribution in [0, 0.1) is 0 Å². The number of amides is 1. The van der Waals surface area contributed by atoms with Gasteiger partial charge in [-0.15, -0.1) is 0 Å². The third-order valence-corrected chi connectivity index (χ3v) is 4.31. The lowest BCUT2D eigenvalue weighted by atomic mass is 10.2. The predicted molar refractivity (Wildman–Crippen MR) is 88.8 cm³/mol. The van der Waals surface area contributed by atoms with Crippen LogP contribution in [0.4, 0.5) is 0 Å². The second kappa shape index (κ2) is 8.67. The Labute approximate surface area is 138 Å². The van der Waals surface area contributed by atoms with Crippen LogP contribution < -0.4 is 0 Å². The summed E-state index contributed by atoms with van der Waals surface area (Å²) in [7, 11) is 0. The number of likely N-dealkylation sites (N-methyl/N-ethyl adjacent to an activating group) is 1. The van der Waals surface area contributed by atoms with Crippen molar-refractivity contribution >= 4 is 11.9 Å². The van der Waals surface area contributed by atoms with Gasteiger partial charge >= 0.3 is 5.97 Å². The highest BCUT2D eigenvalue weighted by atomic mass is 16.5. The maximum atomic E-state index is 12.3. The molecule has 0 N–H and O–H groups in total. The first-order chi connectivity index (χ1) is 11.2. The molecular weight excluding hydrogens is 292 g/mol. The van der Waals surface area contributed by atoms with Crippen LogP contribution in [0.15, 0.2) is 30.3 Å². The lowest BCUT2D eigenvalue weighted by Crippen LogP contribution is -2.45. The molecule has 1 atom stereocenters. The number of carbonyl (C=O) groups excluding carboxylic acids is 2. The monoisotopic (exact) mass is 318 g/mol. The average Bonchev–Trinajstić information content (AvgIpc) is 3.03. The number of likely N-dealkylation sites (tertiary alicyclic amines) is 1. The highest BCUT2D eigenvalue weighted by Crippen LogP contribution is 2.19. The maximum Gasteiger partial charge on any atom is 0.323 e. The molecule has 2 rings (SSSR count). The van der Waals surface area contributed by atoms with Crippen LogP contribution in [0.1, 0.15) is 32.3 Å². The summed E-state index contributed by atoms with van der Waals surface area (Å²) >= 11 is 0. The third kappa shape index (κ3) is 4.79. The number of hydrogen-bond acceptors (Lipinski definition) is 4. The van der Waals surface area contributed by atoms with Gasteiger partial charge in [-0.05, 0) is 38.8 Å². The van der Waals surface area contributed by atoms with Gasteiger partial charge in [-0.25, -0.2) is 0 Å². The van der Waals surface area contributed by atoms with E-state index < -0.39 is 0 Å². The van der Waals surface area contributed by atoms with Crippen LogP contribution in [0.5, 0.6) is 0 Å². The van der Waals surface area contributed by atoms with Crippen LogP contribution in [-0.4, -0.2) is 53.9 Å². The molecule has 1 aromatic carbocycles. The van der Waals surface area contributed by atoms with E-state index in [4.69, 9.17) is 4.74 Å². The quantitative estimate of drug-likeness (QED) is 0.722. The zero-order valence-electron chi connectivity index (χ0n) is 14.0. The van der Waals surface area contributed by atoms with E-state index >= 15 is 0 Å². The van der Waals surface area contributed by atoms with Crippen molar-refractivity contribution in [3.8, 4) is 0 Å². The molecule has 0 aromatic heterocycles.